The van der Waals surface area contributed by atoms with Crippen LogP contribution < -0.4 is 0 Å². The van der Waals surface area contributed by atoms with E-state index >= 15 is 0 Å². The molecule has 0 fully saturated rings. The van der Waals surface area contributed by atoms with Crippen molar-refractivity contribution in [1.29, 1.82) is 0 Å². The SMILES string of the molecule is CN(C)C(=Nc1ccc2ccc(N=C(N(C)C)N(C)C)cc2c1)N(C)C. The lowest BCUT2D eigenvalue weighted by atomic mass is 10.1. The van der Waals surface area contributed by atoms with Crippen molar-refractivity contribution in [2.24, 2.45) is 9.98 Å². The van der Waals surface area contributed by atoms with Gasteiger partial charge in [-0.15, -0.1) is 0 Å². The third kappa shape index (κ3) is 4.65. The highest BCUT2D eigenvalue weighted by molar-refractivity contribution is 5.91. The minimum Gasteiger partial charge on any atom is -0.349 e. The minimum absolute atomic E-state index is 0.904. The summed E-state index contributed by atoms with van der Waals surface area (Å²) >= 11 is 0. The molecular weight excluding hydrogens is 324 g/mol. The number of hydrogen-bond donors (Lipinski definition) is 0. The van der Waals surface area contributed by atoms with Crippen molar-refractivity contribution in [1.82, 2.24) is 19.6 Å². The van der Waals surface area contributed by atoms with Crippen molar-refractivity contribution in [3.63, 3.8) is 0 Å². The summed E-state index contributed by atoms with van der Waals surface area (Å²) in [6, 6.07) is 12.5. The van der Waals surface area contributed by atoms with Gasteiger partial charge in [0, 0.05) is 56.4 Å². The van der Waals surface area contributed by atoms with E-state index in [4.69, 9.17) is 9.98 Å². The van der Waals surface area contributed by atoms with Crippen LogP contribution in [0.15, 0.2) is 46.4 Å². The van der Waals surface area contributed by atoms with Gasteiger partial charge in [-0.2, -0.15) is 0 Å². The van der Waals surface area contributed by atoms with E-state index in [2.05, 4.69) is 24.3 Å². The lowest BCUT2D eigenvalue weighted by Gasteiger charge is -2.22. The molecule has 0 aromatic heterocycles. The van der Waals surface area contributed by atoms with Crippen LogP contribution in [-0.4, -0.2) is 87.9 Å². The zero-order chi connectivity index (χ0) is 19.4. The normalized spacial score (nSPS) is 10.3. The second-order valence-electron chi connectivity index (χ2n) is 7.12. The van der Waals surface area contributed by atoms with Crippen molar-refractivity contribution in [3.05, 3.63) is 36.4 Å². The third-order valence-corrected chi connectivity index (χ3v) is 3.87. The second-order valence-corrected chi connectivity index (χ2v) is 7.12. The van der Waals surface area contributed by atoms with Gasteiger partial charge in [0.05, 0.1) is 11.4 Å². The zero-order valence-electron chi connectivity index (χ0n) is 17.1. The fourth-order valence-electron chi connectivity index (χ4n) is 2.79. The Morgan fingerprint density at radius 1 is 0.538 bits per heavy atom. The number of benzene rings is 2. The van der Waals surface area contributed by atoms with Crippen LogP contribution in [-0.2, 0) is 0 Å². The first-order chi connectivity index (χ1) is 12.2. The molecule has 0 aliphatic rings. The van der Waals surface area contributed by atoms with Crippen molar-refractivity contribution in [2.45, 2.75) is 0 Å². The van der Waals surface area contributed by atoms with Crippen LogP contribution in [0.4, 0.5) is 11.4 Å². The molecule has 140 valence electrons. The summed E-state index contributed by atoms with van der Waals surface area (Å²) in [7, 11) is 16.0. The summed E-state index contributed by atoms with van der Waals surface area (Å²) in [4.78, 5) is 17.6. The summed E-state index contributed by atoms with van der Waals surface area (Å²) in [6.07, 6.45) is 0. The molecule has 26 heavy (non-hydrogen) atoms. The molecule has 2 rings (SSSR count). The Morgan fingerprint density at radius 3 is 1.19 bits per heavy atom. The highest BCUT2D eigenvalue weighted by Gasteiger charge is 2.07. The molecule has 0 amide bonds. The monoisotopic (exact) mass is 354 g/mol. The molecule has 0 saturated carbocycles. The summed E-state index contributed by atoms with van der Waals surface area (Å²) in [5.41, 5.74) is 1.85. The molecule has 0 atom stereocenters. The van der Waals surface area contributed by atoms with Gasteiger partial charge >= 0.3 is 0 Å². The second kappa shape index (κ2) is 8.08. The number of rotatable bonds is 2. The molecule has 0 N–H and O–H groups in total. The van der Waals surface area contributed by atoms with E-state index in [0.29, 0.717) is 0 Å². The molecule has 0 aliphatic carbocycles. The quantitative estimate of drug-likeness (QED) is 0.614. The predicted molar refractivity (Wildman–Crippen MR) is 113 cm³/mol. The average molecular weight is 355 g/mol. The maximum atomic E-state index is 4.77. The fraction of sp³-hybridized carbons (Fsp3) is 0.400. The Hall–Kier alpha value is -2.76. The molecule has 2 aromatic carbocycles. The van der Waals surface area contributed by atoms with E-state index in [1.54, 1.807) is 0 Å². The van der Waals surface area contributed by atoms with Gasteiger partial charge in [-0.1, -0.05) is 12.1 Å². The predicted octanol–water partition coefficient (Wildman–Crippen LogP) is 3.06. The van der Waals surface area contributed by atoms with Crippen LogP contribution in [0.1, 0.15) is 0 Å². The molecule has 0 aliphatic heterocycles. The van der Waals surface area contributed by atoms with E-state index in [-0.39, 0.29) is 0 Å². The smallest absolute Gasteiger partial charge is 0.200 e. The van der Waals surface area contributed by atoms with Gasteiger partial charge in [-0.05, 0) is 35.0 Å². The van der Waals surface area contributed by atoms with Crippen molar-refractivity contribution >= 4 is 34.1 Å². The Morgan fingerprint density at radius 2 is 0.885 bits per heavy atom. The molecule has 0 heterocycles. The molecule has 2 aromatic rings. The lowest BCUT2D eigenvalue weighted by Crippen LogP contribution is -2.35. The number of aliphatic imine (C=N–C) groups is 2. The number of fused-ring (bicyclic) bond motifs is 1. The van der Waals surface area contributed by atoms with Crippen molar-refractivity contribution in [2.75, 3.05) is 56.4 Å². The zero-order valence-corrected chi connectivity index (χ0v) is 17.1. The maximum Gasteiger partial charge on any atom is 0.200 e. The molecule has 0 saturated heterocycles. The minimum atomic E-state index is 0.904. The van der Waals surface area contributed by atoms with Crippen LogP contribution >= 0.6 is 0 Å². The van der Waals surface area contributed by atoms with E-state index < -0.39 is 0 Å². The Balaban J connectivity index is 2.48. The summed E-state index contributed by atoms with van der Waals surface area (Å²) in [6.45, 7) is 0. The van der Waals surface area contributed by atoms with Crippen molar-refractivity contribution in [3.8, 4) is 0 Å². The van der Waals surface area contributed by atoms with Gasteiger partial charge in [0.15, 0.2) is 0 Å². The summed E-state index contributed by atoms with van der Waals surface area (Å²) in [5.74, 6) is 1.81. The lowest BCUT2D eigenvalue weighted by molar-refractivity contribution is 0.484. The topological polar surface area (TPSA) is 37.7 Å². The van der Waals surface area contributed by atoms with E-state index in [1.165, 1.54) is 5.39 Å². The van der Waals surface area contributed by atoms with Gasteiger partial charge in [0.2, 0.25) is 11.9 Å². The summed E-state index contributed by atoms with van der Waals surface area (Å²) < 4.78 is 0. The Bertz CT molecular complexity index is 733. The number of guanidine groups is 2. The van der Waals surface area contributed by atoms with Gasteiger partial charge < -0.3 is 19.6 Å². The third-order valence-electron chi connectivity index (χ3n) is 3.87. The highest BCUT2D eigenvalue weighted by atomic mass is 15.3. The van der Waals surface area contributed by atoms with Crippen LogP contribution in [0.2, 0.25) is 0 Å². The van der Waals surface area contributed by atoms with Crippen LogP contribution in [0, 0.1) is 0 Å². The molecular formula is C20H30N6. The van der Waals surface area contributed by atoms with Gasteiger partial charge in [0.25, 0.3) is 0 Å². The molecule has 0 unspecified atom stereocenters. The number of nitrogens with zero attached hydrogens (tertiary/aromatic N) is 6. The molecule has 0 radical (unpaired) electrons. The van der Waals surface area contributed by atoms with Crippen molar-refractivity contribution < 1.29 is 0 Å². The fourth-order valence-corrected chi connectivity index (χ4v) is 2.79. The van der Waals surface area contributed by atoms with Crippen LogP contribution in [0.5, 0.6) is 0 Å². The van der Waals surface area contributed by atoms with E-state index in [0.717, 1.165) is 28.7 Å². The Kier molecular flexibility index (Phi) is 6.08. The van der Waals surface area contributed by atoms with E-state index in [1.807, 2.05) is 88.1 Å². The molecule has 0 spiro atoms. The average Bonchev–Trinajstić information content (AvgIpc) is 2.55. The van der Waals surface area contributed by atoms with Gasteiger partial charge in [-0.3, -0.25) is 0 Å². The first-order valence-electron chi connectivity index (χ1n) is 8.59. The first kappa shape index (κ1) is 19.6. The van der Waals surface area contributed by atoms with Crippen LogP contribution in [0.3, 0.4) is 0 Å². The largest absolute Gasteiger partial charge is 0.349 e. The maximum absolute atomic E-state index is 4.77. The molecule has 6 nitrogen and oxygen atoms in total. The highest BCUT2D eigenvalue weighted by Crippen LogP contribution is 2.26. The Labute approximate surface area is 157 Å². The van der Waals surface area contributed by atoms with Gasteiger partial charge in [0.1, 0.15) is 0 Å². The standard InChI is InChI=1S/C20H30N6/c1-23(2)19(24(3)4)21-17-11-9-15-10-12-18(14-16(15)13-17)22-20(25(5)6)26(7)8/h9-14H,1-8H3. The molecule has 6 heteroatoms. The van der Waals surface area contributed by atoms with E-state index in [9.17, 15) is 0 Å². The van der Waals surface area contributed by atoms with Gasteiger partial charge in [-0.25, -0.2) is 9.98 Å². The summed E-state index contributed by atoms with van der Waals surface area (Å²) in [5, 5.41) is 2.30. The first-order valence-corrected chi connectivity index (χ1v) is 8.59. The van der Waals surface area contributed by atoms with Crippen LogP contribution in [0.25, 0.3) is 10.8 Å². The molecule has 0 bridgehead atoms. The number of hydrogen-bond acceptors (Lipinski definition) is 2.